The first-order valence-corrected chi connectivity index (χ1v) is 8.10. The minimum Gasteiger partial charge on any atom is -0.395 e. The molecule has 3 rings (SSSR count). The van der Waals surface area contributed by atoms with Crippen molar-refractivity contribution in [3.05, 3.63) is 24.1 Å². The van der Waals surface area contributed by atoms with Gasteiger partial charge in [0.25, 0.3) is 0 Å². The van der Waals surface area contributed by atoms with Gasteiger partial charge in [0.15, 0.2) is 11.6 Å². The van der Waals surface area contributed by atoms with E-state index in [0.717, 1.165) is 19.5 Å². The van der Waals surface area contributed by atoms with Crippen LogP contribution in [-0.2, 0) is 9.47 Å². The SMILES string of the molecule is OCCN1CCOCC2(CC(CNc3ncccc3F)CO2)C1. The van der Waals surface area contributed by atoms with E-state index in [4.69, 9.17) is 14.6 Å². The number of aromatic nitrogens is 1. The third-order valence-electron chi connectivity index (χ3n) is 4.45. The highest BCUT2D eigenvalue weighted by atomic mass is 19.1. The van der Waals surface area contributed by atoms with Crippen LogP contribution in [0.1, 0.15) is 6.42 Å². The van der Waals surface area contributed by atoms with E-state index >= 15 is 0 Å². The summed E-state index contributed by atoms with van der Waals surface area (Å²) in [6.07, 6.45) is 2.43. The van der Waals surface area contributed by atoms with Gasteiger partial charge in [0.2, 0.25) is 0 Å². The zero-order valence-electron chi connectivity index (χ0n) is 13.2. The molecule has 6 nitrogen and oxygen atoms in total. The topological polar surface area (TPSA) is 66.9 Å². The van der Waals surface area contributed by atoms with Crippen molar-refractivity contribution in [3.8, 4) is 0 Å². The molecular weight excluding hydrogens is 301 g/mol. The van der Waals surface area contributed by atoms with Crippen molar-refractivity contribution in [2.45, 2.75) is 12.0 Å². The van der Waals surface area contributed by atoms with Crippen LogP contribution in [0, 0.1) is 11.7 Å². The predicted octanol–water partition coefficient (Wildman–Crippen LogP) is 0.732. The summed E-state index contributed by atoms with van der Waals surface area (Å²) in [4.78, 5) is 6.19. The van der Waals surface area contributed by atoms with Gasteiger partial charge in [0.05, 0.1) is 26.4 Å². The third-order valence-corrected chi connectivity index (χ3v) is 4.45. The summed E-state index contributed by atoms with van der Waals surface area (Å²) in [5, 5.41) is 12.2. The van der Waals surface area contributed by atoms with Gasteiger partial charge in [-0.2, -0.15) is 0 Å². The molecule has 1 spiro atoms. The van der Waals surface area contributed by atoms with E-state index in [9.17, 15) is 4.39 Å². The van der Waals surface area contributed by atoms with Crippen molar-refractivity contribution in [2.75, 3.05) is 57.9 Å². The highest BCUT2D eigenvalue weighted by Gasteiger charge is 2.43. The number of halogens is 1. The number of aliphatic hydroxyl groups excluding tert-OH is 1. The maximum absolute atomic E-state index is 13.6. The van der Waals surface area contributed by atoms with Crippen LogP contribution in [0.4, 0.5) is 10.2 Å². The number of anilines is 1. The summed E-state index contributed by atoms with van der Waals surface area (Å²) in [5.41, 5.74) is -0.319. The fourth-order valence-electron chi connectivity index (χ4n) is 3.35. The molecule has 23 heavy (non-hydrogen) atoms. The van der Waals surface area contributed by atoms with Gasteiger partial charge in [0.1, 0.15) is 5.60 Å². The van der Waals surface area contributed by atoms with Gasteiger partial charge in [-0.1, -0.05) is 0 Å². The van der Waals surface area contributed by atoms with Crippen molar-refractivity contribution in [1.82, 2.24) is 9.88 Å². The molecule has 0 bridgehead atoms. The molecule has 2 fully saturated rings. The molecule has 2 N–H and O–H groups in total. The molecule has 3 heterocycles. The van der Waals surface area contributed by atoms with Gasteiger partial charge in [-0.15, -0.1) is 0 Å². The molecule has 1 aromatic rings. The summed E-state index contributed by atoms with van der Waals surface area (Å²) in [7, 11) is 0. The van der Waals surface area contributed by atoms with Crippen LogP contribution in [0.3, 0.4) is 0 Å². The summed E-state index contributed by atoms with van der Waals surface area (Å²) < 4.78 is 25.4. The van der Waals surface area contributed by atoms with Gasteiger partial charge in [-0.05, 0) is 18.6 Å². The highest BCUT2D eigenvalue weighted by molar-refractivity contribution is 5.35. The molecule has 2 aliphatic rings. The summed E-state index contributed by atoms with van der Waals surface area (Å²) in [6, 6.07) is 2.97. The lowest BCUT2D eigenvalue weighted by atomic mass is 9.94. The maximum Gasteiger partial charge on any atom is 0.165 e. The molecule has 0 radical (unpaired) electrons. The van der Waals surface area contributed by atoms with Gasteiger partial charge in [0, 0.05) is 38.3 Å². The Morgan fingerprint density at radius 3 is 3.26 bits per heavy atom. The first-order valence-electron chi connectivity index (χ1n) is 8.10. The number of hydrogen-bond acceptors (Lipinski definition) is 6. The van der Waals surface area contributed by atoms with E-state index in [2.05, 4.69) is 15.2 Å². The second-order valence-corrected chi connectivity index (χ2v) is 6.33. The van der Waals surface area contributed by atoms with E-state index in [1.54, 1.807) is 12.3 Å². The fraction of sp³-hybridized carbons (Fsp3) is 0.688. The van der Waals surface area contributed by atoms with Gasteiger partial charge < -0.3 is 19.9 Å². The number of nitrogens with one attached hydrogen (secondary N) is 1. The average Bonchev–Trinajstić information content (AvgIpc) is 2.83. The normalized spacial score (nSPS) is 28.9. The van der Waals surface area contributed by atoms with Crippen LogP contribution >= 0.6 is 0 Å². The summed E-state index contributed by atoms with van der Waals surface area (Å²) in [6.45, 7) is 4.83. The van der Waals surface area contributed by atoms with E-state index in [0.29, 0.717) is 32.9 Å². The minimum absolute atomic E-state index is 0.139. The number of rotatable bonds is 5. The molecule has 0 amide bonds. The second kappa shape index (κ2) is 7.53. The number of β-amino-alcohol motifs (C(OH)–C–C–N with tert-alkyl or cyclic N) is 1. The Morgan fingerprint density at radius 2 is 2.43 bits per heavy atom. The maximum atomic E-state index is 13.6. The molecule has 1 aromatic heterocycles. The number of hydrogen-bond donors (Lipinski definition) is 2. The molecular formula is C16H24FN3O3. The zero-order valence-corrected chi connectivity index (χ0v) is 13.2. The van der Waals surface area contributed by atoms with Gasteiger partial charge in [-0.25, -0.2) is 9.37 Å². The second-order valence-electron chi connectivity index (χ2n) is 6.33. The minimum atomic E-state index is -0.340. The van der Waals surface area contributed by atoms with Gasteiger partial charge in [-0.3, -0.25) is 4.90 Å². The quantitative estimate of drug-likeness (QED) is 0.832. The number of ether oxygens (including phenoxy) is 2. The standard InChI is InChI=1S/C16H24FN3O3/c17-14-2-1-3-18-15(14)19-9-13-8-16(23-10-13)11-20(4-6-21)5-7-22-12-16/h1-3,13,21H,4-12H2,(H,18,19). The lowest BCUT2D eigenvalue weighted by Crippen LogP contribution is -2.45. The van der Waals surface area contributed by atoms with Crippen molar-refractivity contribution < 1.29 is 19.0 Å². The monoisotopic (exact) mass is 325 g/mol. The summed E-state index contributed by atoms with van der Waals surface area (Å²) in [5.74, 6) is 0.231. The Labute approximate surface area is 135 Å². The van der Waals surface area contributed by atoms with Crippen molar-refractivity contribution in [2.24, 2.45) is 5.92 Å². The van der Waals surface area contributed by atoms with E-state index in [-0.39, 0.29) is 29.8 Å². The zero-order chi connectivity index (χ0) is 16.1. The Morgan fingerprint density at radius 1 is 1.52 bits per heavy atom. The number of aliphatic hydroxyl groups is 1. The van der Waals surface area contributed by atoms with Crippen LogP contribution in [-0.4, -0.2) is 73.2 Å². The van der Waals surface area contributed by atoms with Crippen LogP contribution in [0.25, 0.3) is 0 Å². The van der Waals surface area contributed by atoms with Crippen LogP contribution in [0.2, 0.25) is 0 Å². The average molecular weight is 325 g/mol. The Balaban J connectivity index is 1.55. The van der Waals surface area contributed by atoms with Crippen LogP contribution in [0.5, 0.6) is 0 Å². The van der Waals surface area contributed by atoms with E-state index in [1.165, 1.54) is 6.07 Å². The van der Waals surface area contributed by atoms with Crippen molar-refractivity contribution in [1.29, 1.82) is 0 Å². The molecule has 2 saturated heterocycles. The first kappa shape index (κ1) is 16.6. The summed E-state index contributed by atoms with van der Waals surface area (Å²) >= 11 is 0. The first-order chi connectivity index (χ1) is 11.2. The van der Waals surface area contributed by atoms with Crippen LogP contribution in [0.15, 0.2) is 18.3 Å². The predicted molar refractivity (Wildman–Crippen MR) is 83.8 cm³/mol. The van der Waals surface area contributed by atoms with E-state index < -0.39 is 0 Å². The molecule has 2 aliphatic heterocycles. The molecule has 0 aliphatic carbocycles. The van der Waals surface area contributed by atoms with E-state index in [1.807, 2.05) is 0 Å². The number of pyridine rings is 1. The van der Waals surface area contributed by atoms with Crippen LogP contribution < -0.4 is 5.32 Å². The lowest BCUT2D eigenvalue weighted by molar-refractivity contribution is -0.0563. The largest absolute Gasteiger partial charge is 0.395 e. The Kier molecular flexibility index (Phi) is 5.42. The smallest absolute Gasteiger partial charge is 0.165 e. The molecule has 2 atom stereocenters. The lowest BCUT2D eigenvalue weighted by Gasteiger charge is -2.30. The third kappa shape index (κ3) is 4.17. The molecule has 128 valence electrons. The van der Waals surface area contributed by atoms with Gasteiger partial charge >= 0.3 is 0 Å². The van der Waals surface area contributed by atoms with Crippen molar-refractivity contribution in [3.63, 3.8) is 0 Å². The highest BCUT2D eigenvalue weighted by Crippen LogP contribution is 2.32. The number of nitrogens with zero attached hydrogens (tertiary/aromatic N) is 2. The fourth-order valence-corrected chi connectivity index (χ4v) is 3.35. The van der Waals surface area contributed by atoms with Crippen molar-refractivity contribution >= 4 is 5.82 Å². The molecule has 0 aromatic carbocycles. The Hall–Kier alpha value is -1.28. The molecule has 7 heteroatoms. The molecule has 0 saturated carbocycles. The Bertz CT molecular complexity index is 519. The molecule has 2 unspecified atom stereocenters.